The van der Waals surface area contributed by atoms with Crippen LogP contribution in [-0.2, 0) is 10.0 Å². The fourth-order valence-electron chi connectivity index (χ4n) is 1.81. The van der Waals surface area contributed by atoms with E-state index in [1.807, 2.05) is 39.0 Å². The smallest absolute Gasteiger partial charge is 0.214 e. The Kier molecular flexibility index (Phi) is 4.76. The van der Waals surface area contributed by atoms with Gasteiger partial charge in [-0.3, -0.25) is 0 Å². The lowest BCUT2D eigenvalue weighted by Gasteiger charge is -2.25. The maximum Gasteiger partial charge on any atom is 0.214 e. The highest BCUT2D eigenvalue weighted by atomic mass is 32.2. The highest BCUT2D eigenvalue weighted by molar-refractivity contribution is 7.89. The van der Waals surface area contributed by atoms with Crippen molar-refractivity contribution in [3.63, 3.8) is 0 Å². The van der Waals surface area contributed by atoms with Crippen LogP contribution in [-0.4, -0.2) is 25.5 Å². The summed E-state index contributed by atoms with van der Waals surface area (Å²) in [7, 11) is -1.61. The normalized spacial score (nSPS) is 14.1. The lowest BCUT2D eigenvalue weighted by molar-refractivity contribution is 0.395. The molecule has 0 amide bonds. The summed E-state index contributed by atoms with van der Waals surface area (Å²) in [5.74, 6) is 0.279. The Hall–Kier alpha value is -1.07. The molecule has 5 heteroatoms. The summed E-state index contributed by atoms with van der Waals surface area (Å²) in [6, 6.07) is 7.12. The maximum absolute atomic E-state index is 12.1. The van der Waals surface area contributed by atoms with Crippen LogP contribution in [0.15, 0.2) is 24.3 Å². The van der Waals surface area contributed by atoms with E-state index in [1.54, 1.807) is 13.1 Å². The van der Waals surface area contributed by atoms with Crippen LogP contribution in [0.3, 0.4) is 0 Å². The van der Waals surface area contributed by atoms with Crippen LogP contribution in [0.25, 0.3) is 0 Å². The third-order valence-electron chi connectivity index (χ3n) is 2.92. The SMILES string of the molecule is CC(C)CS(=O)(=O)N(C)C(C)c1cccc(N)c1. The van der Waals surface area contributed by atoms with Crippen LogP contribution in [0.1, 0.15) is 32.4 Å². The van der Waals surface area contributed by atoms with Crippen LogP contribution in [0.5, 0.6) is 0 Å². The van der Waals surface area contributed by atoms with Crippen molar-refractivity contribution in [2.24, 2.45) is 5.92 Å². The first-order valence-electron chi connectivity index (χ1n) is 6.05. The number of nitrogens with zero attached hydrogens (tertiary/aromatic N) is 1. The predicted octanol–water partition coefficient (Wildman–Crippen LogP) is 2.25. The van der Waals surface area contributed by atoms with E-state index in [9.17, 15) is 8.42 Å². The topological polar surface area (TPSA) is 63.4 Å². The fourth-order valence-corrected chi connectivity index (χ4v) is 3.49. The molecule has 4 nitrogen and oxygen atoms in total. The van der Waals surface area contributed by atoms with Crippen LogP contribution in [0, 0.1) is 5.92 Å². The molecule has 1 atom stereocenters. The van der Waals surface area contributed by atoms with E-state index >= 15 is 0 Å². The molecule has 1 rings (SSSR count). The molecule has 0 saturated heterocycles. The molecule has 0 aliphatic heterocycles. The number of hydrogen-bond donors (Lipinski definition) is 1. The molecule has 102 valence electrons. The van der Waals surface area contributed by atoms with E-state index in [2.05, 4.69) is 0 Å². The minimum Gasteiger partial charge on any atom is -0.399 e. The molecule has 0 spiro atoms. The van der Waals surface area contributed by atoms with Crippen molar-refractivity contribution < 1.29 is 8.42 Å². The molecule has 0 fully saturated rings. The van der Waals surface area contributed by atoms with Gasteiger partial charge in [-0.15, -0.1) is 0 Å². The molecule has 2 N–H and O–H groups in total. The van der Waals surface area contributed by atoms with E-state index in [0.29, 0.717) is 5.69 Å². The largest absolute Gasteiger partial charge is 0.399 e. The lowest BCUT2D eigenvalue weighted by atomic mass is 10.1. The van der Waals surface area contributed by atoms with E-state index in [4.69, 9.17) is 5.73 Å². The van der Waals surface area contributed by atoms with Gasteiger partial charge in [0.15, 0.2) is 0 Å². The summed E-state index contributed by atoms with van der Waals surface area (Å²) < 4.78 is 25.7. The molecule has 18 heavy (non-hydrogen) atoms. The maximum atomic E-state index is 12.1. The Morgan fingerprint density at radius 2 is 1.89 bits per heavy atom. The van der Waals surface area contributed by atoms with Crippen molar-refractivity contribution in [3.05, 3.63) is 29.8 Å². The molecule has 0 radical (unpaired) electrons. The lowest BCUT2D eigenvalue weighted by Crippen LogP contribution is -2.33. The molecule has 0 aliphatic carbocycles. The number of hydrogen-bond acceptors (Lipinski definition) is 3. The Balaban J connectivity index is 2.94. The van der Waals surface area contributed by atoms with Crippen molar-refractivity contribution in [2.45, 2.75) is 26.8 Å². The van der Waals surface area contributed by atoms with E-state index < -0.39 is 10.0 Å². The molecule has 0 saturated carbocycles. The van der Waals surface area contributed by atoms with Crippen molar-refractivity contribution >= 4 is 15.7 Å². The number of nitrogens with two attached hydrogens (primary N) is 1. The summed E-state index contributed by atoms with van der Waals surface area (Å²) in [5, 5.41) is 0. The zero-order valence-corrected chi connectivity index (χ0v) is 12.2. The first-order chi connectivity index (χ1) is 8.24. The van der Waals surface area contributed by atoms with Gasteiger partial charge in [0, 0.05) is 18.8 Å². The highest BCUT2D eigenvalue weighted by Gasteiger charge is 2.25. The van der Waals surface area contributed by atoms with Crippen molar-refractivity contribution in [2.75, 3.05) is 18.5 Å². The van der Waals surface area contributed by atoms with Crippen molar-refractivity contribution in [1.82, 2.24) is 4.31 Å². The van der Waals surface area contributed by atoms with Gasteiger partial charge in [0.25, 0.3) is 0 Å². The molecule has 0 aromatic heterocycles. The van der Waals surface area contributed by atoms with Crippen LogP contribution >= 0.6 is 0 Å². The number of anilines is 1. The Morgan fingerprint density at radius 1 is 1.28 bits per heavy atom. The predicted molar refractivity (Wildman–Crippen MR) is 75.7 cm³/mol. The summed E-state index contributed by atoms with van der Waals surface area (Å²) in [6.07, 6.45) is 0. The number of benzene rings is 1. The molecular formula is C13H22N2O2S. The number of nitrogen functional groups attached to an aromatic ring is 1. The Bertz CT molecular complexity index is 497. The minimum atomic E-state index is -3.23. The Morgan fingerprint density at radius 3 is 2.39 bits per heavy atom. The van der Waals surface area contributed by atoms with E-state index in [0.717, 1.165) is 5.56 Å². The van der Waals surface area contributed by atoms with Gasteiger partial charge in [0.2, 0.25) is 10.0 Å². The van der Waals surface area contributed by atoms with Crippen LogP contribution in [0.2, 0.25) is 0 Å². The average Bonchev–Trinajstić information content (AvgIpc) is 2.25. The first kappa shape index (κ1) is 15.0. The molecule has 1 aromatic rings. The average molecular weight is 270 g/mol. The van der Waals surface area contributed by atoms with Gasteiger partial charge in [-0.05, 0) is 30.5 Å². The quantitative estimate of drug-likeness (QED) is 0.835. The van der Waals surface area contributed by atoms with Gasteiger partial charge in [0.1, 0.15) is 0 Å². The number of rotatable bonds is 5. The molecule has 1 unspecified atom stereocenters. The summed E-state index contributed by atoms with van der Waals surface area (Å²) in [6.45, 7) is 5.67. The molecule has 0 heterocycles. The zero-order valence-electron chi connectivity index (χ0n) is 11.4. The fraction of sp³-hybridized carbons (Fsp3) is 0.538. The van der Waals surface area contributed by atoms with Crippen molar-refractivity contribution in [3.8, 4) is 0 Å². The molecule has 0 aliphatic rings. The van der Waals surface area contributed by atoms with Gasteiger partial charge in [-0.1, -0.05) is 26.0 Å². The monoisotopic (exact) mass is 270 g/mol. The van der Waals surface area contributed by atoms with E-state index in [1.165, 1.54) is 4.31 Å². The zero-order chi connectivity index (χ0) is 13.9. The Labute approximate surface area is 110 Å². The number of sulfonamides is 1. The van der Waals surface area contributed by atoms with Crippen molar-refractivity contribution in [1.29, 1.82) is 0 Å². The van der Waals surface area contributed by atoms with Gasteiger partial charge >= 0.3 is 0 Å². The van der Waals surface area contributed by atoms with Gasteiger partial charge in [0.05, 0.1) is 5.75 Å². The van der Waals surface area contributed by atoms with E-state index in [-0.39, 0.29) is 17.7 Å². The molecule has 0 bridgehead atoms. The van der Waals surface area contributed by atoms with Crippen LogP contribution in [0.4, 0.5) is 5.69 Å². The molecular weight excluding hydrogens is 248 g/mol. The third kappa shape index (κ3) is 3.71. The third-order valence-corrected chi connectivity index (χ3v) is 5.20. The second kappa shape index (κ2) is 5.71. The second-order valence-electron chi connectivity index (χ2n) is 5.03. The minimum absolute atomic E-state index is 0.116. The second-order valence-corrected chi connectivity index (χ2v) is 7.11. The summed E-state index contributed by atoms with van der Waals surface area (Å²) >= 11 is 0. The standard InChI is InChI=1S/C13H22N2O2S/c1-10(2)9-18(16,17)15(4)11(3)12-6-5-7-13(14)8-12/h5-8,10-11H,9,14H2,1-4H3. The summed E-state index contributed by atoms with van der Waals surface area (Å²) in [4.78, 5) is 0. The van der Waals surface area contributed by atoms with Gasteiger partial charge in [-0.25, -0.2) is 8.42 Å². The van der Waals surface area contributed by atoms with Gasteiger partial charge < -0.3 is 5.73 Å². The van der Waals surface area contributed by atoms with Crippen LogP contribution < -0.4 is 5.73 Å². The molecule has 1 aromatic carbocycles. The highest BCUT2D eigenvalue weighted by Crippen LogP contribution is 2.23. The van der Waals surface area contributed by atoms with Gasteiger partial charge in [-0.2, -0.15) is 4.31 Å². The first-order valence-corrected chi connectivity index (χ1v) is 7.66. The summed E-state index contributed by atoms with van der Waals surface area (Å²) in [5.41, 5.74) is 7.27.